The first-order valence-corrected chi connectivity index (χ1v) is 17.0. The van der Waals surface area contributed by atoms with Crippen molar-refractivity contribution < 1.29 is 38.4 Å². The molecule has 1 saturated heterocycles. The van der Waals surface area contributed by atoms with Crippen molar-refractivity contribution >= 4 is 17.7 Å². The molecule has 1 rings (SSSR count). The number of amides is 3. The van der Waals surface area contributed by atoms with Crippen LogP contribution in [0.15, 0.2) is 0 Å². The Morgan fingerprint density at radius 2 is 1.60 bits per heavy atom. The number of ether oxygens (including phenoxy) is 4. The maximum atomic E-state index is 11.9. The average Bonchev–Trinajstić information content (AvgIpc) is 3.19. The fourth-order valence-electron chi connectivity index (χ4n) is 3.55. The summed E-state index contributed by atoms with van der Waals surface area (Å²) in [4.78, 5) is 36.5. The third-order valence-electron chi connectivity index (χ3n) is 6.12. The van der Waals surface area contributed by atoms with Crippen molar-refractivity contribution in [1.29, 1.82) is 0 Å². The molecule has 0 spiro atoms. The van der Waals surface area contributed by atoms with Gasteiger partial charge in [-0.15, -0.1) is 0 Å². The second-order valence-electron chi connectivity index (χ2n) is 12.5. The zero-order valence-corrected chi connectivity index (χ0v) is 31.1. The normalized spacial score (nSPS) is 15.6. The van der Waals surface area contributed by atoms with E-state index in [4.69, 9.17) is 24.7 Å². The number of nitrogens with zero attached hydrogens (tertiary/aromatic N) is 1. The molecular weight excluding hydrogens is 578 g/mol. The highest BCUT2D eigenvalue weighted by atomic mass is 16.5. The Balaban J connectivity index is -0.00000106. The molecule has 3 amide bonds. The van der Waals surface area contributed by atoms with Gasteiger partial charge < -0.3 is 35.1 Å². The second kappa shape index (κ2) is 27.5. The van der Waals surface area contributed by atoms with Crippen LogP contribution >= 0.6 is 0 Å². The van der Waals surface area contributed by atoms with Crippen LogP contribution in [-0.4, -0.2) is 97.4 Å². The van der Waals surface area contributed by atoms with Gasteiger partial charge in [0.15, 0.2) is 0 Å². The number of hydrogen-bond donors (Lipinski definition) is 3. The second-order valence-corrected chi connectivity index (χ2v) is 12.5. The summed E-state index contributed by atoms with van der Waals surface area (Å²) < 4.78 is 22.0. The van der Waals surface area contributed by atoms with E-state index in [2.05, 4.69) is 19.2 Å². The van der Waals surface area contributed by atoms with E-state index in [9.17, 15) is 19.5 Å². The van der Waals surface area contributed by atoms with Crippen LogP contribution in [0.4, 0.5) is 0 Å². The van der Waals surface area contributed by atoms with Gasteiger partial charge in [0, 0.05) is 51.7 Å². The molecule has 2 unspecified atom stereocenters. The van der Waals surface area contributed by atoms with Gasteiger partial charge in [-0.1, -0.05) is 48.5 Å². The topological polar surface area (TPSA) is 150 Å². The molecular formula is C34H71N3O8. The van der Waals surface area contributed by atoms with Gasteiger partial charge in [0.1, 0.15) is 11.8 Å². The Hall–Kier alpha value is -1.63. The third kappa shape index (κ3) is 29.5. The Kier molecular flexibility index (Phi) is 29.2. The molecule has 2 atom stereocenters. The van der Waals surface area contributed by atoms with Gasteiger partial charge in [-0.2, -0.15) is 0 Å². The number of nitrogens with two attached hydrogens (primary N) is 1. The van der Waals surface area contributed by atoms with Crippen molar-refractivity contribution in [3.05, 3.63) is 0 Å². The number of carbonyl (C=O) groups is 3. The van der Waals surface area contributed by atoms with Crippen LogP contribution in [0, 0.1) is 11.8 Å². The highest BCUT2D eigenvalue weighted by molar-refractivity contribution is 6.03. The van der Waals surface area contributed by atoms with Crippen LogP contribution in [0.25, 0.3) is 0 Å². The van der Waals surface area contributed by atoms with Gasteiger partial charge in [0.25, 0.3) is 0 Å². The summed E-state index contributed by atoms with van der Waals surface area (Å²) in [6.45, 7) is 28.3. The van der Waals surface area contributed by atoms with Gasteiger partial charge in [-0.05, 0) is 66.7 Å². The van der Waals surface area contributed by atoms with E-state index in [1.54, 1.807) is 6.92 Å². The predicted molar refractivity (Wildman–Crippen MR) is 182 cm³/mol. The molecule has 0 aliphatic carbocycles. The maximum absolute atomic E-state index is 11.9. The molecule has 0 saturated carbocycles. The lowest BCUT2D eigenvalue weighted by molar-refractivity contribution is -0.139. The summed E-state index contributed by atoms with van der Waals surface area (Å²) in [5.74, 6) is -0.229. The molecule has 0 radical (unpaired) electrons. The highest BCUT2D eigenvalue weighted by Gasteiger charge is 2.35. The van der Waals surface area contributed by atoms with Crippen LogP contribution in [0.3, 0.4) is 0 Å². The van der Waals surface area contributed by atoms with E-state index in [1.807, 2.05) is 69.2 Å². The molecule has 1 aliphatic rings. The lowest BCUT2D eigenvalue weighted by atomic mass is 10.1. The Morgan fingerprint density at radius 3 is 2.09 bits per heavy atom. The van der Waals surface area contributed by atoms with E-state index in [1.165, 1.54) is 0 Å². The van der Waals surface area contributed by atoms with Crippen LogP contribution in [0.1, 0.15) is 122 Å². The van der Waals surface area contributed by atoms with Crippen LogP contribution in [0.2, 0.25) is 0 Å². The van der Waals surface area contributed by atoms with Crippen LogP contribution in [0.5, 0.6) is 0 Å². The number of nitrogens with one attached hydrogen (secondary N) is 1. The third-order valence-corrected chi connectivity index (χ3v) is 6.12. The Morgan fingerprint density at radius 1 is 1.00 bits per heavy atom. The molecule has 1 aliphatic heterocycles. The SMILES string of the molecule is CC.CC.CC(C)CCOC(C)(C)N.CC(C)OCCC(C)(C)OCC(O)COCCCNC(=O)CCN1C(=O)CC(C)C1=O. The molecule has 0 bridgehead atoms. The smallest absolute Gasteiger partial charge is 0.232 e. The Labute approximate surface area is 275 Å². The minimum atomic E-state index is -0.724. The van der Waals surface area contributed by atoms with Gasteiger partial charge in [-0.25, -0.2) is 0 Å². The molecule has 0 aromatic rings. The first kappa shape index (κ1) is 47.8. The summed E-state index contributed by atoms with van der Waals surface area (Å²) in [6.07, 6.45) is 2.19. The molecule has 4 N–H and O–H groups in total. The van der Waals surface area contributed by atoms with Crippen LogP contribution < -0.4 is 11.1 Å². The summed E-state index contributed by atoms with van der Waals surface area (Å²) in [5.41, 5.74) is 4.75. The largest absolute Gasteiger partial charge is 0.388 e. The highest BCUT2D eigenvalue weighted by Crippen LogP contribution is 2.18. The predicted octanol–water partition coefficient (Wildman–Crippen LogP) is 5.06. The van der Waals surface area contributed by atoms with Crippen molar-refractivity contribution in [2.75, 3.05) is 46.1 Å². The van der Waals surface area contributed by atoms with Crippen LogP contribution in [-0.2, 0) is 33.3 Å². The summed E-state index contributed by atoms with van der Waals surface area (Å²) in [5, 5.41) is 12.7. The number of imide groups is 1. The molecule has 11 nitrogen and oxygen atoms in total. The summed E-state index contributed by atoms with van der Waals surface area (Å²) in [7, 11) is 0. The number of aliphatic hydroxyl groups excluding tert-OH is 1. The van der Waals surface area contributed by atoms with Crippen molar-refractivity contribution in [1.82, 2.24) is 10.2 Å². The average molecular weight is 650 g/mol. The Bertz CT molecular complexity index is 754. The van der Waals surface area contributed by atoms with Gasteiger partial charge in [0.2, 0.25) is 17.7 Å². The number of carbonyl (C=O) groups excluding carboxylic acids is 3. The van der Waals surface area contributed by atoms with E-state index < -0.39 is 11.8 Å². The van der Waals surface area contributed by atoms with E-state index in [0.717, 1.165) is 24.3 Å². The zero-order valence-electron chi connectivity index (χ0n) is 31.1. The molecule has 270 valence electrons. The molecule has 0 aromatic carbocycles. The summed E-state index contributed by atoms with van der Waals surface area (Å²) in [6, 6.07) is 0. The van der Waals surface area contributed by atoms with Crippen molar-refractivity contribution in [3.8, 4) is 0 Å². The zero-order chi connectivity index (χ0) is 35.6. The van der Waals surface area contributed by atoms with Crippen molar-refractivity contribution in [3.63, 3.8) is 0 Å². The quantitative estimate of drug-likeness (QED) is 0.0934. The monoisotopic (exact) mass is 650 g/mol. The standard InChI is InChI=1S/C22H40N2O7.C8H19NO.2C2H6/c1-16(2)30-12-8-22(4,5)31-15-18(25)14-29-11-6-9-23-19(26)7-10-24-20(27)13-17(3)21(24)28;1-7(2)5-6-10-8(3,4)9;2*1-2/h16-18,25H,6-15H2,1-5H3,(H,23,26);7H,5-6,9H2,1-4H3;2*1-2H3. The molecule has 11 heteroatoms. The van der Waals surface area contributed by atoms with Crippen molar-refractivity contribution in [2.45, 2.75) is 146 Å². The van der Waals surface area contributed by atoms with Gasteiger partial charge in [0.05, 0.1) is 24.9 Å². The van der Waals surface area contributed by atoms with E-state index in [-0.39, 0.29) is 67.9 Å². The number of rotatable bonds is 20. The van der Waals surface area contributed by atoms with Crippen molar-refractivity contribution in [2.24, 2.45) is 17.6 Å². The molecule has 45 heavy (non-hydrogen) atoms. The minimum Gasteiger partial charge on any atom is -0.388 e. The number of aliphatic hydroxyl groups is 1. The molecule has 0 aromatic heterocycles. The van der Waals surface area contributed by atoms with Gasteiger partial charge >= 0.3 is 0 Å². The first-order valence-electron chi connectivity index (χ1n) is 17.0. The van der Waals surface area contributed by atoms with Gasteiger partial charge in [-0.3, -0.25) is 19.3 Å². The fourth-order valence-corrected chi connectivity index (χ4v) is 3.55. The fraction of sp³-hybridized carbons (Fsp3) is 0.912. The van der Waals surface area contributed by atoms with E-state index in [0.29, 0.717) is 32.1 Å². The first-order chi connectivity index (χ1) is 20.9. The minimum absolute atomic E-state index is 0.0963. The van der Waals surface area contributed by atoms with E-state index >= 15 is 0 Å². The molecule has 1 heterocycles. The lowest BCUT2D eigenvalue weighted by Gasteiger charge is -2.27. The molecule has 1 fully saturated rings. The number of hydrogen-bond acceptors (Lipinski definition) is 9. The number of likely N-dealkylation sites (tertiary alicyclic amines) is 1. The maximum Gasteiger partial charge on any atom is 0.232 e. The lowest BCUT2D eigenvalue weighted by Crippen LogP contribution is -2.35. The summed E-state index contributed by atoms with van der Waals surface area (Å²) >= 11 is 0.